The summed E-state index contributed by atoms with van der Waals surface area (Å²) in [5.74, 6) is 0.726. The number of hydrogen-bond acceptors (Lipinski definition) is 7. The minimum absolute atomic E-state index is 0.246. The average Bonchev–Trinajstić information content (AvgIpc) is 2.82. The number of amides is 1. The molecule has 3 heterocycles. The van der Waals surface area contributed by atoms with Crippen LogP contribution in [0.25, 0.3) is 0 Å². The molecule has 0 radical (unpaired) electrons. The summed E-state index contributed by atoms with van der Waals surface area (Å²) in [5, 5.41) is 7.53. The molecular weight excluding hydrogens is 473 g/mol. The number of carbonyl (C=O) groups excluding carboxylic acids is 1. The summed E-state index contributed by atoms with van der Waals surface area (Å²) in [7, 11) is 1.86. The largest absolute Gasteiger partial charge is 0.369 e. The lowest BCUT2D eigenvalue weighted by atomic mass is 10.2. The van der Waals surface area contributed by atoms with Crippen LogP contribution >= 0.6 is 23.2 Å². The molecule has 0 aliphatic carbocycles. The predicted molar refractivity (Wildman–Crippen MR) is 138 cm³/mol. The Labute approximate surface area is 208 Å². The van der Waals surface area contributed by atoms with E-state index >= 15 is 0 Å². The van der Waals surface area contributed by atoms with Gasteiger partial charge in [-0.05, 0) is 43.3 Å². The normalized spacial score (nSPS) is 18.2. The number of rotatable bonds is 4. The standard InChI is InChI=1S/C24H25Cl2N7O/c1-15-13-32(11-10-27-15)17-8-6-16(7-9-17)29-24-28-12-18-22(30-24)31(2)14-33(23(18)34)21-19(25)4-3-5-20(21)26/h3-9,12,15,27H,10-11,13-14H2,1-2H3,(H,28,29,30)/t15-/m1/s1. The number of nitrogens with one attached hydrogen (secondary N) is 2. The number of piperazine rings is 1. The van der Waals surface area contributed by atoms with Crippen LogP contribution in [0.3, 0.4) is 0 Å². The van der Waals surface area contributed by atoms with Crippen molar-refractivity contribution in [3.8, 4) is 0 Å². The van der Waals surface area contributed by atoms with Gasteiger partial charge in [-0.25, -0.2) is 4.98 Å². The van der Waals surface area contributed by atoms with E-state index in [4.69, 9.17) is 23.2 Å². The average molecular weight is 498 g/mol. The molecule has 1 atom stereocenters. The van der Waals surface area contributed by atoms with Gasteiger partial charge in [0.15, 0.2) is 0 Å². The van der Waals surface area contributed by atoms with E-state index in [2.05, 4.69) is 44.6 Å². The highest BCUT2D eigenvalue weighted by Crippen LogP contribution is 2.37. The van der Waals surface area contributed by atoms with Crippen molar-refractivity contribution in [1.82, 2.24) is 15.3 Å². The molecule has 8 nitrogen and oxygen atoms in total. The van der Waals surface area contributed by atoms with E-state index < -0.39 is 0 Å². The number of fused-ring (bicyclic) bond motifs is 1. The van der Waals surface area contributed by atoms with Crippen LogP contribution < -0.4 is 25.3 Å². The highest BCUT2D eigenvalue weighted by atomic mass is 35.5. The number of carbonyl (C=O) groups is 1. The van der Waals surface area contributed by atoms with Crippen LogP contribution in [-0.2, 0) is 0 Å². The van der Waals surface area contributed by atoms with Crippen molar-refractivity contribution in [3.63, 3.8) is 0 Å². The number of hydrogen-bond donors (Lipinski definition) is 2. The zero-order valence-corrected chi connectivity index (χ0v) is 20.4. The van der Waals surface area contributed by atoms with Crippen molar-refractivity contribution >= 4 is 57.9 Å². The monoisotopic (exact) mass is 497 g/mol. The third-order valence-electron chi connectivity index (χ3n) is 6.02. The van der Waals surface area contributed by atoms with Gasteiger partial charge in [0.05, 0.1) is 22.4 Å². The summed E-state index contributed by atoms with van der Waals surface area (Å²) in [6.45, 7) is 5.42. The van der Waals surface area contributed by atoms with Crippen LogP contribution in [0.1, 0.15) is 17.3 Å². The van der Waals surface area contributed by atoms with Crippen LogP contribution in [0.4, 0.5) is 28.8 Å². The third-order valence-corrected chi connectivity index (χ3v) is 6.63. The van der Waals surface area contributed by atoms with Gasteiger partial charge in [-0.2, -0.15) is 4.98 Å². The Morgan fingerprint density at radius 2 is 1.85 bits per heavy atom. The topological polar surface area (TPSA) is 76.6 Å². The number of benzene rings is 2. The lowest BCUT2D eigenvalue weighted by molar-refractivity contribution is 0.0982. The van der Waals surface area contributed by atoms with Crippen molar-refractivity contribution in [3.05, 3.63) is 64.3 Å². The van der Waals surface area contributed by atoms with E-state index in [1.54, 1.807) is 23.1 Å². The predicted octanol–water partition coefficient (Wildman–Crippen LogP) is 4.38. The fraction of sp³-hybridized carbons (Fsp3) is 0.292. The van der Waals surface area contributed by atoms with E-state index in [0.717, 1.165) is 25.3 Å². The van der Waals surface area contributed by atoms with E-state index in [1.165, 1.54) is 11.9 Å². The van der Waals surface area contributed by atoms with Crippen LogP contribution in [0.2, 0.25) is 10.0 Å². The number of aromatic nitrogens is 2. The quantitative estimate of drug-likeness (QED) is 0.553. The fourth-order valence-electron chi connectivity index (χ4n) is 4.33. The molecule has 1 amide bonds. The van der Waals surface area contributed by atoms with Gasteiger partial charge in [0.1, 0.15) is 11.4 Å². The van der Waals surface area contributed by atoms with Gasteiger partial charge in [0.25, 0.3) is 5.91 Å². The van der Waals surface area contributed by atoms with Gasteiger partial charge in [-0.15, -0.1) is 0 Å². The van der Waals surface area contributed by atoms with Gasteiger partial charge in [-0.1, -0.05) is 29.3 Å². The second kappa shape index (κ2) is 9.29. The molecule has 1 fully saturated rings. The molecule has 2 N–H and O–H groups in total. The van der Waals surface area contributed by atoms with Crippen LogP contribution in [0.15, 0.2) is 48.7 Å². The molecule has 0 unspecified atom stereocenters. The highest BCUT2D eigenvalue weighted by Gasteiger charge is 2.32. The van der Waals surface area contributed by atoms with Gasteiger partial charge in [-0.3, -0.25) is 9.69 Å². The Morgan fingerprint density at radius 1 is 1.12 bits per heavy atom. The molecule has 0 spiro atoms. The second-order valence-electron chi connectivity index (χ2n) is 8.55. The maximum absolute atomic E-state index is 13.2. The van der Waals surface area contributed by atoms with Crippen LogP contribution in [-0.4, -0.2) is 55.3 Å². The van der Waals surface area contributed by atoms with Crippen molar-refractivity contribution in [1.29, 1.82) is 0 Å². The molecule has 1 saturated heterocycles. The highest BCUT2D eigenvalue weighted by molar-refractivity contribution is 6.40. The molecule has 176 valence electrons. The summed E-state index contributed by atoms with van der Waals surface area (Å²) in [5.41, 5.74) is 2.93. The number of halogens is 2. The summed E-state index contributed by atoms with van der Waals surface area (Å²) in [6, 6.07) is 13.9. The van der Waals surface area contributed by atoms with E-state index in [9.17, 15) is 4.79 Å². The first-order chi connectivity index (χ1) is 16.4. The summed E-state index contributed by atoms with van der Waals surface area (Å²) >= 11 is 12.7. The molecule has 2 aliphatic rings. The molecular formula is C24H25Cl2N7O. The molecule has 0 bridgehead atoms. The molecule has 10 heteroatoms. The van der Waals surface area contributed by atoms with Crippen LogP contribution in [0, 0.1) is 0 Å². The number of nitrogens with zero attached hydrogens (tertiary/aromatic N) is 5. The van der Waals surface area contributed by atoms with Crippen molar-refractivity contribution in [2.75, 3.05) is 53.4 Å². The first-order valence-electron chi connectivity index (χ1n) is 11.1. The van der Waals surface area contributed by atoms with Gasteiger partial charge < -0.3 is 20.4 Å². The Hall–Kier alpha value is -3.07. The van der Waals surface area contributed by atoms with Crippen molar-refractivity contribution in [2.24, 2.45) is 0 Å². The molecule has 2 aliphatic heterocycles. The summed E-state index contributed by atoms with van der Waals surface area (Å²) in [4.78, 5) is 28.0. The van der Waals surface area contributed by atoms with Crippen molar-refractivity contribution < 1.29 is 4.79 Å². The molecule has 2 aromatic carbocycles. The Balaban J connectivity index is 1.35. The minimum Gasteiger partial charge on any atom is -0.369 e. The third kappa shape index (κ3) is 4.36. The Kier molecular flexibility index (Phi) is 6.20. The SMILES string of the molecule is C[C@@H]1CN(c2ccc(Nc3ncc4c(n3)N(C)CN(c3c(Cl)cccc3Cl)C4=O)cc2)CCN1. The van der Waals surface area contributed by atoms with Gasteiger partial charge in [0, 0.05) is 50.3 Å². The first kappa shape index (κ1) is 22.7. The lowest BCUT2D eigenvalue weighted by Gasteiger charge is -2.35. The maximum atomic E-state index is 13.2. The number of anilines is 5. The smallest absolute Gasteiger partial charge is 0.265 e. The molecule has 5 rings (SSSR count). The fourth-order valence-corrected chi connectivity index (χ4v) is 4.94. The Morgan fingerprint density at radius 3 is 2.56 bits per heavy atom. The van der Waals surface area contributed by atoms with E-state index in [0.29, 0.717) is 39.1 Å². The molecule has 3 aromatic rings. The zero-order valence-electron chi connectivity index (χ0n) is 18.9. The molecule has 1 aromatic heterocycles. The van der Waals surface area contributed by atoms with Gasteiger partial charge in [0.2, 0.25) is 5.95 Å². The second-order valence-corrected chi connectivity index (χ2v) is 9.36. The summed E-state index contributed by atoms with van der Waals surface area (Å²) < 4.78 is 0. The van der Waals surface area contributed by atoms with E-state index in [-0.39, 0.29) is 12.6 Å². The number of para-hydroxylation sites is 1. The van der Waals surface area contributed by atoms with Crippen LogP contribution in [0.5, 0.6) is 0 Å². The first-order valence-corrected chi connectivity index (χ1v) is 11.9. The Bertz CT molecular complexity index is 1200. The minimum atomic E-state index is -0.246. The zero-order chi connectivity index (χ0) is 23.8. The maximum Gasteiger partial charge on any atom is 0.265 e. The molecule has 34 heavy (non-hydrogen) atoms. The van der Waals surface area contributed by atoms with Crippen molar-refractivity contribution in [2.45, 2.75) is 13.0 Å². The lowest BCUT2D eigenvalue weighted by Crippen LogP contribution is -2.49. The summed E-state index contributed by atoms with van der Waals surface area (Å²) in [6.07, 6.45) is 1.54. The van der Waals surface area contributed by atoms with Gasteiger partial charge >= 0.3 is 0 Å². The molecule has 0 saturated carbocycles. The van der Waals surface area contributed by atoms with E-state index in [1.807, 2.05) is 24.1 Å².